The van der Waals surface area contributed by atoms with E-state index >= 15 is 0 Å². The largest absolute Gasteiger partial charge is 0.311 e. The molecule has 0 saturated carbocycles. The van der Waals surface area contributed by atoms with Crippen molar-refractivity contribution >= 4 is 27.3 Å². The van der Waals surface area contributed by atoms with Gasteiger partial charge in [-0.1, -0.05) is 0 Å². The van der Waals surface area contributed by atoms with Crippen LogP contribution in [0, 0.1) is 6.92 Å². The summed E-state index contributed by atoms with van der Waals surface area (Å²) in [6, 6.07) is 2.17. The molecule has 0 atom stereocenters. The van der Waals surface area contributed by atoms with Gasteiger partial charge in [0.05, 0.1) is 0 Å². The molecule has 92 valence electrons. The van der Waals surface area contributed by atoms with E-state index in [-0.39, 0.29) is 0 Å². The van der Waals surface area contributed by atoms with Crippen molar-refractivity contribution in [3.63, 3.8) is 0 Å². The minimum Gasteiger partial charge on any atom is -0.311 e. The summed E-state index contributed by atoms with van der Waals surface area (Å²) in [5.74, 6) is 0.892. The van der Waals surface area contributed by atoms with Gasteiger partial charge in [-0.05, 0) is 28.9 Å². The summed E-state index contributed by atoms with van der Waals surface area (Å²) in [6.45, 7) is 3.93. The van der Waals surface area contributed by atoms with Crippen molar-refractivity contribution in [1.29, 1.82) is 0 Å². The molecule has 0 aliphatic rings. The van der Waals surface area contributed by atoms with Crippen LogP contribution in [0.3, 0.4) is 0 Å². The van der Waals surface area contributed by atoms with Gasteiger partial charge < -0.3 is 5.32 Å². The lowest BCUT2D eigenvalue weighted by molar-refractivity contribution is 0.665. The van der Waals surface area contributed by atoms with Crippen LogP contribution in [0.4, 0.5) is 0 Å². The molecular formula is C11H15BrN4S. The van der Waals surface area contributed by atoms with Crippen molar-refractivity contribution in [3.8, 4) is 0 Å². The molecule has 0 fully saturated rings. The number of aromatic nitrogens is 3. The van der Waals surface area contributed by atoms with Crippen LogP contribution in [-0.2, 0) is 20.0 Å². The number of hydrogen-bond acceptors (Lipinski definition) is 4. The van der Waals surface area contributed by atoms with Crippen LogP contribution < -0.4 is 5.32 Å². The monoisotopic (exact) mass is 314 g/mol. The van der Waals surface area contributed by atoms with Crippen molar-refractivity contribution < 1.29 is 0 Å². The fraction of sp³-hybridized carbons (Fsp3) is 0.455. The maximum atomic E-state index is 4.23. The fourth-order valence-corrected chi connectivity index (χ4v) is 3.09. The Kier molecular flexibility index (Phi) is 4.31. The van der Waals surface area contributed by atoms with Crippen LogP contribution in [0.15, 0.2) is 16.9 Å². The summed E-state index contributed by atoms with van der Waals surface area (Å²) in [6.07, 6.45) is 2.60. The summed E-state index contributed by atoms with van der Waals surface area (Å²) >= 11 is 5.34. The van der Waals surface area contributed by atoms with Crippen LogP contribution in [0.25, 0.3) is 0 Å². The lowest BCUT2D eigenvalue weighted by Crippen LogP contribution is -2.16. The zero-order valence-electron chi connectivity index (χ0n) is 9.90. The normalized spacial score (nSPS) is 11.0. The highest BCUT2D eigenvalue weighted by atomic mass is 79.9. The van der Waals surface area contributed by atoms with Gasteiger partial charge in [0.15, 0.2) is 5.82 Å². The van der Waals surface area contributed by atoms with E-state index < -0.39 is 0 Å². The van der Waals surface area contributed by atoms with Crippen molar-refractivity contribution in [2.75, 3.05) is 6.54 Å². The highest BCUT2D eigenvalue weighted by Crippen LogP contribution is 2.25. The van der Waals surface area contributed by atoms with Crippen molar-refractivity contribution in [3.05, 3.63) is 32.4 Å². The molecule has 0 aromatic carbocycles. The molecule has 17 heavy (non-hydrogen) atoms. The van der Waals surface area contributed by atoms with Gasteiger partial charge in [0.25, 0.3) is 0 Å². The Hall–Kier alpha value is -0.720. The van der Waals surface area contributed by atoms with E-state index in [4.69, 9.17) is 0 Å². The molecule has 0 spiro atoms. The summed E-state index contributed by atoms with van der Waals surface area (Å²) < 4.78 is 2.93. The Morgan fingerprint density at radius 2 is 2.35 bits per heavy atom. The number of aryl methyl sites for hydroxylation is 2. The molecule has 0 aliphatic carbocycles. The number of hydrogen-bond donors (Lipinski definition) is 1. The van der Waals surface area contributed by atoms with E-state index in [9.17, 15) is 0 Å². The zero-order chi connectivity index (χ0) is 12.3. The van der Waals surface area contributed by atoms with Gasteiger partial charge >= 0.3 is 0 Å². The highest BCUT2D eigenvalue weighted by molar-refractivity contribution is 9.10. The smallest absolute Gasteiger partial charge is 0.151 e. The van der Waals surface area contributed by atoms with E-state index in [2.05, 4.69) is 44.3 Å². The average Bonchev–Trinajstić information content (AvgIpc) is 2.82. The van der Waals surface area contributed by atoms with Gasteiger partial charge in [0.1, 0.15) is 6.33 Å². The topological polar surface area (TPSA) is 42.7 Å². The molecule has 2 aromatic rings. The molecule has 2 rings (SSSR count). The quantitative estimate of drug-likeness (QED) is 0.861. The number of rotatable bonds is 5. The third-order valence-corrected chi connectivity index (χ3v) is 4.52. The standard InChI is InChI=1S/C11H15BrN4S/c1-8-10(12)5-9(17-8)6-13-4-3-11-14-7-16(2)15-11/h5,7,13H,3-4,6H2,1-2H3. The first kappa shape index (κ1) is 12.7. The van der Waals surface area contributed by atoms with E-state index in [1.165, 1.54) is 14.2 Å². The molecule has 0 unspecified atom stereocenters. The Morgan fingerprint density at radius 1 is 1.53 bits per heavy atom. The number of halogens is 1. The second kappa shape index (κ2) is 5.75. The third kappa shape index (κ3) is 3.62. The highest BCUT2D eigenvalue weighted by Gasteiger charge is 2.03. The first-order valence-electron chi connectivity index (χ1n) is 5.45. The summed E-state index contributed by atoms with van der Waals surface area (Å²) in [5.41, 5.74) is 0. The van der Waals surface area contributed by atoms with Crippen molar-refractivity contribution in [2.45, 2.75) is 19.9 Å². The lowest BCUT2D eigenvalue weighted by atomic mass is 10.4. The van der Waals surface area contributed by atoms with Gasteiger partial charge in [0, 0.05) is 40.8 Å². The van der Waals surface area contributed by atoms with Crippen molar-refractivity contribution in [2.24, 2.45) is 7.05 Å². The molecule has 0 radical (unpaired) electrons. The predicted molar refractivity (Wildman–Crippen MR) is 73.2 cm³/mol. The first-order valence-corrected chi connectivity index (χ1v) is 7.06. The molecule has 0 saturated heterocycles. The van der Waals surface area contributed by atoms with Crippen LogP contribution in [0.5, 0.6) is 0 Å². The van der Waals surface area contributed by atoms with Crippen LogP contribution in [-0.4, -0.2) is 21.3 Å². The molecule has 0 amide bonds. The van der Waals surface area contributed by atoms with E-state index in [0.29, 0.717) is 0 Å². The molecule has 2 aromatic heterocycles. The molecule has 2 heterocycles. The van der Waals surface area contributed by atoms with E-state index in [0.717, 1.165) is 25.3 Å². The minimum absolute atomic E-state index is 0.867. The second-order valence-corrected chi connectivity index (χ2v) is 6.07. The molecule has 0 aliphatic heterocycles. The number of nitrogens with zero attached hydrogens (tertiary/aromatic N) is 3. The summed E-state index contributed by atoms with van der Waals surface area (Å²) in [4.78, 5) is 6.86. The predicted octanol–water partition coefficient (Wildman–Crippen LogP) is 2.28. The third-order valence-electron chi connectivity index (χ3n) is 2.38. The molecule has 4 nitrogen and oxygen atoms in total. The maximum Gasteiger partial charge on any atom is 0.151 e. The Balaban J connectivity index is 1.73. The molecular weight excluding hydrogens is 300 g/mol. The Morgan fingerprint density at radius 3 is 2.94 bits per heavy atom. The maximum absolute atomic E-state index is 4.23. The van der Waals surface area contributed by atoms with Gasteiger partial charge in [-0.2, -0.15) is 5.10 Å². The minimum atomic E-state index is 0.867. The number of nitrogens with one attached hydrogen (secondary N) is 1. The molecule has 6 heteroatoms. The van der Waals surface area contributed by atoms with Crippen LogP contribution in [0.1, 0.15) is 15.6 Å². The fourth-order valence-electron chi connectivity index (χ4n) is 1.52. The molecule has 1 N–H and O–H groups in total. The zero-order valence-corrected chi connectivity index (χ0v) is 12.3. The van der Waals surface area contributed by atoms with Gasteiger partial charge in [-0.25, -0.2) is 4.98 Å². The van der Waals surface area contributed by atoms with Crippen LogP contribution >= 0.6 is 27.3 Å². The van der Waals surface area contributed by atoms with Crippen LogP contribution in [0.2, 0.25) is 0 Å². The van der Waals surface area contributed by atoms with E-state index in [1.54, 1.807) is 11.0 Å². The summed E-state index contributed by atoms with van der Waals surface area (Å²) in [5, 5.41) is 7.63. The van der Waals surface area contributed by atoms with Gasteiger partial charge in [0.2, 0.25) is 0 Å². The molecule has 0 bridgehead atoms. The van der Waals surface area contributed by atoms with Crippen molar-refractivity contribution in [1.82, 2.24) is 20.1 Å². The Bertz CT molecular complexity index is 472. The Labute approximate surface area is 113 Å². The van der Waals surface area contributed by atoms with Gasteiger partial charge in [-0.15, -0.1) is 11.3 Å². The summed E-state index contributed by atoms with van der Waals surface area (Å²) in [7, 11) is 1.88. The SMILES string of the molecule is Cc1sc(CNCCc2ncn(C)n2)cc1Br. The van der Waals surface area contributed by atoms with Gasteiger partial charge in [-0.3, -0.25) is 4.68 Å². The second-order valence-electron chi connectivity index (χ2n) is 3.88. The number of thiophene rings is 1. The van der Waals surface area contributed by atoms with E-state index in [1.807, 2.05) is 18.4 Å². The lowest BCUT2D eigenvalue weighted by Gasteiger charge is -2.00. The average molecular weight is 315 g/mol. The first-order chi connectivity index (χ1) is 8.15.